The molecule has 0 aliphatic heterocycles. The maximum absolute atomic E-state index is 9.80. The first kappa shape index (κ1) is 14.4. The topological polar surface area (TPSA) is 63.9 Å². The maximum Gasteiger partial charge on any atom is 0.119 e. The van der Waals surface area contributed by atoms with E-state index in [0.717, 1.165) is 11.3 Å². The van der Waals surface area contributed by atoms with Crippen LogP contribution in [0.25, 0.3) is 0 Å². The van der Waals surface area contributed by atoms with E-state index >= 15 is 0 Å². The Morgan fingerprint density at radius 3 is 2.60 bits per heavy atom. The Morgan fingerprint density at radius 1 is 1.20 bits per heavy atom. The summed E-state index contributed by atoms with van der Waals surface area (Å²) >= 11 is 0. The van der Waals surface area contributed by atoms with Crippen LogP contribution in [0.3, 0.4) is 0 Å². The third-order valence-corrected chi connectivity index (χ3v) is 2.79. The van der Waals surface area contributed by atoms with Gasteiger partial charge in [-0.15, -0.1) is 0 Å². The number of hydrogen-bond donors (Lipinski definition) is 2. The second kappa shape index (κ2) is 7.57. The van der Waals surface area contributed by atoms with Gasteiger partial charge in [-0.3, -0.25) is 0 Å². The fraction of sp³-hybridized carbons (Fsp3) is 0.333. The molecule has 5 heteroatoms. The average Bonchev–Trinajstić information content (AvgIpc) is 2.99. The van der Waals surface area contributed by atoms with E-state index in [2.05, 4.69) is 5.32 Å². The fourth-order valence-corrected chi connectivity index (χ4v) is 1.70. The zero-order valence-corrected chi connectivity index (χ0v) is 11.4. The zero-order chi connectivity index (χ0) is 14.2. The van der Waals surface area contributed by atoms with E-state index in [9.17, 15) is 5.11 Å². The molecule has 1 unspecified atom stereocenters. The molecule has 108 valence electrons. The molecule has 20 heavy (non-hydrogen) atoms. The van der Waals surface area contributed by atoms with Crippen molar-refractivity contribution in [1.82, 2.24) is 5.32 Å². The van der Waals surface area contributed by atoms with Crippen molar-refractivity contribution in [2.45, 2.75) is 12.6 Å². The van der Waals surface area contributed by atoms with Crippen LogP contribution in [0.4, 0.5) is 0 Å². The summed E-state index contributed by atoms with van der Waals surface area (Å²) in [7, 11) is 1.62. The lowest BCUT2D eigenvalue weighted by atomic mass is 10.3. The molecule has 0 aliphatic carbocycles. The monoisotopic (exact) mass is 277 g/mol. The number of benzene rings is 1. The van der Waals surface area contributed by atoms with Crippen molar-refractivity contribution in [3.05, 3.63) is 48.4 Å². The van der Waals surface area contributed by atoms with Gasteiger partial charge in [-0.1, -0.05) is 0 Å². The van der Waals surface area contributed by atoms with Gasteiger partial charge < -0.3 is 24.3 Å². The molecule has 0 fully saturated rings. The fourth-order valence-electron chi connectivity index (χ4n) is 1.70. The molecular weight excluding hydrogens is 258 g/mol. The van der Waals surface area contributed by atoms with E-state index in [4.69, 9.17) is 13.9 Å². The van der Waals surface area contributed by atoms with Crippen molar-refractivity contribution in [1.29, 1.82) is 0 Å². The first-order chi connectivity index (χ1) is 9.78. The summed E-state index contributed by atoms with van der Waals surface area (Å²) in [5.74, 6) is 1.49. The van der Waals surface area contributed by atoms with E-state index in [1.165, 1.54) is 0 Å². The number of aliphatic hydroxyl groups excluding tert-OH is 1. The molecule has 0 bridgehead atoms. The van der Waals surface area contributed by atoms with E-state index in [0.29, 0.717) is 18.8 Å². The van der Waals surface area contributed by atoms with E-state index in [-0.39, 0.29) is 6.61 Å². The standard InChI is InChI=1S/C15H19NO4/c1-18-14-2-4-15(5-3-14)20-11-13(17)9-16-8-12-6-7-19-10-12/h2-7,10,13,16-17H,8-9,11H2,1H3. The summed E-state index contributed by atoms with van der Waals surface area (Å²) in [4.78, 5) is 0. The Morgan fingerprint density at radius 2 is 1.95 bits per heavy atom. The van der Waals surface area contributed by atoms with Crippen molar-refractivity contribution in [2.24, 2.45) is 0 Å². The molecule has 0 saturated heterocycles. The maximum atomic E-state index is 9.80. The van der Waals surface area contributed by atoms with Gasteiger partial charge in [-0.2, -0.15) is 0 Å². The molecule has 2 N–H and O–H groups in total. The van der Waals surface area contributed by atoms with Gasteiger partial charge in [0, 0.05) is 18.7 Å². The predicted octanol–water partition coefficient (Wildman–Crippen LogP) is 1.82. The second-order valence-corrected chi connectivity index (χ2v) is 4.40. The first-order valence-electron chi connectivity index (χ1n) is 6.44. The SMILES string of the molecule is COc1ccc(OCC(O)CNCc2ccoc2)cc1. The van der Waals surface area contributed by atoms with Gasteiger partial charge in [0.25, 0.3) is 0 Å². The molecular formula is C15H19NO4. The van der Waals surface area contributed by atoms with Gasteiger partial charge >= 0.3 is 0 Å². The molecule has 2 aromatic rings. The van der Waals surface area contributed by atoms with Crippen LogP contribution in [-0.2, 0) is 6.54 Å². The molecule has 1 aromatic heterocycles. The molecule has 0 aliphatic rings. The molecule has 0 amide bonds. The summed E-state index contributed by atoms with van der Waals surface area (Å²) in [5.41, 5.74) is 1.05. The Labute approximate surface area is 118 Å². The highest BCUT2D eigenvalue weighted by Crippen LogP contribution is 2.16. The van der Waals surface area contributed by atoms with Crippen molar-refractivity contribution in [3.63, 3.8) is 0 Å². The van der Waals surface area contributed by atoms with Crippen LogP contribution in [0.5, 0.6) is 11.5 Å². The van der Waals surface area contributed by atoms with Crippen LogP contribution in [0.2, 0.25) is 0 Å². The lowest BCUT2D eigenvalue weighted by molar-refractivity contribution is 0.106. The van der Waals surface area contributed by atoms with Crippen molar-refractivity contribution >= 4 is 0 Å². The molecule has 0 spiro atoms. The second-order valence-electron chi connectivity index (χ2n) is 4.40. The Kier molecular flexibility index (Phi) is 5.46. The molecule has 1 aromatic carbocycles. The number of rotatable bonds is 8. The normalized spacial score (nSPS) is 12.1. The third kappa shape index (κ3) is 4.60. The largest absolute Gasteiger partial charge is 0.497 e. The highest BCUT2D eigenvalue weighted by molar-refractivity contribution is 5.31. The van der Waals surface area contributed by atoms with Crippen LogP contribution >= 0.6 is 0 Å². The minimum atomic E-state index is -0.566. The summed E-state index contributed by atoms with van der Waals surface area (Å²) in [6.07, 6.45) is 2.73. The average molecular weight is 277 g/mol. The lowest BCUT2D eigenvalue weighted by Crippen LogP contribution is -2.31. The highest BCUT2D eigenvalue weighted by Gasteiger charge is 2.05. The minimum absolute atomic E-state index is 0.241. The minimum Gasteiger partial charge on any atom is -0.497 e. The number of furan rings is 1. The Balaban J connectivity index is 1.65. The van der Waals surface area contributed by atoms with Crippen molar-refractivity contribution in [2.75, 3.05) is 20.3 Å². The van der Waals surface area contributed by atoms with Crippen LogP contribution in [0.15, 0.2) is 47.3 Å². The van der Waals surface area contributed by atoms with Gasteiger partial charge in [0.2, 0.25) is 0 Å². The van der Waals surface area contributed by atoms with Gasteiger partial charge in [0.05, 0.1) is 19.6 Å². The number of hydrogen-bond acceptors (Lipinski definition) is 5. The third-order valence-electron chi connectivity index (χ3n) is 2.79. The van der Waals surface area contributed by atoms with Gasteiger partial charge in [0.1, 0.15) is 24.2 Å². The molecule has 0 saturated carbocycles. The van der Waals surface area contributed by atoms with Crippen molar-refractivity contribution in [3.8, 4) is 11.5 Å². The van der Waals surface area contributed by atoms with Crippen molar-refractivity contribution < 1.29 is 19.0 Å². The van der Waals surface area contributed by atoms with Gasteiger partial charge in [-0.25, -0.2) is 0 Å². The molecule has 0 radical (unpaired) electrons. The molecule has 1 heterocycles. The number of ether oxygens (including phenoxy) is 2. The zero-order valence-electron chi connectivity index (χ0n) is 11.4. The van der Waals surface area contributed by atoms with E-state index in [1.807, 2.05) is 30.3 Å². The first-order valence-corrected chi connectivity index (χ1v) is 6.44. The van der Waals surface area contributed by atoms with E-state index in [1.54, 1.807) is 19.6 Å². The van der Waals surface area contributed by atoms with E-state index < -0.39 is 6.10 Å². The summed E-state index contributed by atoms with van der Waals surface area (Å²) in [5, 5.41) is 12.9. The smallest absolute Gasteiger partial charge is 0.119 e. The molecule has 1 atom stereocenters. The molecule has 5 nitrogen and oxygen atoms in total. The highest BCUT2D eigenvalue weighted by atomic mass is 16.5. The van der Waals surface area contributed by atoms with Crippen LogP contribution in [0.1, 0.15) is 5.56 Å². The Bertz CT molecular complexity index is 481. The van der Waals surface area contributed by atoms with Crippen LogP contribution in [0, 0.1) is 0 Å². The quantitative estimate of drug-likeness (QED) is 0.770. The predicted molar refractivity (Wildman–Crippen MR) is 74.9 cm³/mol. The number of nitrogens with one attached hydrogen (secondary N) is 1. The van der Waals surface area contributed by atoms with Crippen LogP contribution < -0.4 is 14.8 Å². The number of methoxy groups -OCH3 is 1. The summed E-state index contributed by atoms with van der Waals surface area (Å²) in [6, 6.07) is 9.14. The summed E-state index contributed by atoms with van der Waals surface area (Å²) in [6.45, 7) is 1.36. The number of aliphatic hydroxyl groups is 1. The molecule has 2 rings (SSSR count). The van der Waals surface area contributed by atoms with Gasteiger partial charge in [-0.05, 0) is 30.3 Å². The Hall–Kier alpha value is -1.98. The lowest BCUT2D eigenvalue weighted by Gasteiger charge is -2.13. The van der Waals surface area contributed by atoms with Gasteiger partial charge in [0.15, 0.2) is 0 Å². The summed E-state index contributed by atoms with van der Waals surface area (Å²) < 4.78 is 15.5. The van der Waals surface area contributed by atoms with Crippen LogP contribution in [-0.4, -0.2) is 31.5 Å².